The lowest BCUT2D eigenvalue weighted by Gasteiger charge is -2.18. The number of benzene rings is 1. The van der Waals surface area contributed by atoms with Gasteiger partial charge in [0.1, 0.15) is 0 Å². The third kappa shape index (κ3) is 4.77. The average Bonchev–Trinajstić information content (AvgIpc) is 2.31. The van der Waals surface area contributed by atoms with E-state index in [2.05, 4.69) is 31.3 Å². The van der Waals surface area contributed by atoms with Crippen molar-refractivity contribution < 1.29 is 0 Å². The summed E-state index contributed by atoms with van der Waals surface area (Å²) in [6, 6.07) is 8.61. The Morgan fingerprint density at radius 2 is 1.94 bits per heavy atom. The van der Waals surface area contributed by atoms with Crippen LogP contribution in [0.2, 0.25) is 5.02 Å². The highest BCUT2D eigenvalue weighted by Gasteiger charge is 2.09. The van der Waals surface area contributed by atoms with Crippen molar-refractivity contribution in [2.75, 3.05) is 18.1 Å². The van der Waals surface area contributed by atoms with E-state index in [9.17, 15) is 0 Å². The van der Waals surface area contributed by atoms with Crippen molar-refractivity contribution in [3.8, 4) is 0 Å². The summed E-state index contributed by atoms with van der Waals surface area (Å²) in [5.74, 6) is 2.29. The summed E-state index contributed by atoms with van der Waals surface area (Å²) in [7, 11) is 0. The lowest BCUT2D eigenvalue weighted by Crippen LogP contribution is -2.24. The Hall–Kier alpha value is -0.180. The number of rotatable bonds is 7. The van der Waals surface area contributed by atoms with Crippen LogP contribution in [0.15, 0.2) is 24.3 Å². The van der Waals surface area contributed by atoms with Crippen LogP contribution in [-0.4, -0.2) is 18.1 Å². The number of thioether (sulfide) groups is 1. The van der Waals surface area contributed by atoms with Crippen LogP contribution in [0.5, 0.6) is 0 Å². The second-order valence-electron chi connectivity index (χ2n) is 3.72. The summed E-state index contributed by atoms with van der Waals surface area (Å²) >= 11 is 7.87. The van der Waals surface area contributed by atoms with Crippen molar-refractivity contribution in [1.82, 2.24) is 5.32 Å². The van der Waals surface area contributed by atoms with E-state index >= 15 is 0 Å². The van der Waals surface area contributed by atoms with Gasteiger partial charge < -0.3 is 5.32 Å². The highest BCUT2D eigenvalue weighted by Crippen LogP contribution is 2.20. The van der Waals surface area contributed by atoms with Crippen molar-refractivity contribution in [2.24, 2.45) is 0 Å². The van der Waals surface area contributed by atoms with Crippen molar-refractivity contribution in [2.45, 2.75) is 26.3 Å². The molecule has 0 saturated heterocycles. The number of nitrogens with one attached hydrogen (secondary N) is 1. The number of hydrogen-bond acceptors (Lipinski definition) is 2. The van der Waals surface area contributed by atoms with E-state index in [4.69, 9.17) is 11.6 Å². The molecule has 0 aliphatic carbocycles. The topological polar surface area (TPSA) is 12.0 Å². The second-order valence-corrected chi connectivity index (χ2v) is 5.47. The smallest absolute Gasteiger partial charge is 0.0411 e. The van der Waals surface area contributed by atoms with Gasteiger partial charge in [0.25, 0.3) is 0 Å². The summed E-state index contributed by atoms with van der Waals surface area (Å²) in [6.07, 6.45) is 1.17. The fourth-order valence-electron chi connectivity index (χ4n) is 1.52. The molecule has 0 fully saturated rings. The van der Waals surface area contributed by atoms with Crippen molar-refractivity contribution in [3.63, 3.8) is 0 Å². The molecule has 0 radical (unpaired) electrons. The van der Waals surface area contributed by atoms with Crippen LogP contribution in [0.4, 0.5) is 0 Å². The second kappa shape index (κ2) is 7.99. The maximum Gasteiger partial charge on any atom is 0.0411 e. The van der Waals surface area contributed by atoms with Gasteiger partial charge in [0.15, 0.2) is 0 Å². The minimum atomic E-state index is 0.446. The standard InChI is InChI=1S/C13H20ClNS/c1-3-9-15-13(10-16-4-2)11-5-7-12(14)8-6-11/h5-8,13,15H,3-4,9-10H2,1-2H3. The molecule has 0 spiro atoms. The number of hydrogen-bond donors (Lipinski definition) is 1. The molecule has 1 unspecified atom stereocenters. The van der Waals surface area contributed by atoms with E-state index in [1.165, 1.54) is 12.0 Å². The molecule has 90 valence electrons. The first-order valence-corrected chi connectivity index (χ1v) is 7.37. The normalized spacial score (nSPS) is 12.7. The lowest BCUT2D eigenvalue weighted by molar-refractivity contribution is 0.577. The zero-order valence-corrected chi connectivity index (χ0v) is 11.6. The van der Waals surface area contributed by atoms with Gasteiger partial charge in [-0.1, -0.05) is 37.6 Å². The Balaban J connectivity index is 2.62. The zero-order chi connectivity index (χ0) is 11.8. The first-order valence-electron chi connectivity index (χ1n) is 5.84. The van der Waals surface area contributed by atoms with Gasteiger partial charge in [0.05, 0.1) is 0 Å². The Labute approximate surface area is 108 Å². The Morgan fingerprint density at radius 3 is 2.50 bits per heavy atom. The SMILES string of the molecule is CCCNC(CSCC)c1ccc(Cl)cc1. The molecule has 0 heterocycles. The molecule has 0 aromatic heterocycles. The summed E-state index contributed by atoms with van der Waals surface area (Å²) in [6.45, 7) is 5.46. The Bertz CT molecular complexity index is 278. The van der Waals surface area contributed by atoms with Gasteiger partial charge in [-0.15, -0.1) is 0 Å². The van der Waals surface area contributed by atoms with Gasteiger partial charge in [-0.25, -0.2) is 0 Å². The predicted octanol–water partition coefficient (Wildman–Crippen LogP) is 4.13. The summed E-state index contributed by atoms with van der Waals surface area (Å²) in [5, 5.41) is 4.38. The third-order valence-electron chi connectivity index (χ3n) is 2.40. The zero-order valence-electron chi connectivity index (χ0n) is 10.0. The molecular formula is C13H20ClNS. The van der Waals surface area contributed by atoms with Gasteiger partial charge in [-0.05, 0) is 36.4 Å². The van der Waals surface area contributed by atoms with Crippen LogP contribution in [0.25, 0.3) is 0 Å². The van der Waals surface area contributed by atoms with Crippen molar-refractivity contribution in [1.29, 1.82) is 0 Å². The molecule has 0 amide bonds. The largest absolute Gasteiger partial charge is 0.309 e. The van der Waals surface area contributed by atoms with Crippen molar-refractivity contribution >= 4 is 23.4 Å². The highest BCUT2D eigenvalue weighted by molar-refractivity contribution is 7.99. The maximum atomic E-state index is 5.90. The van der Waals surface area contributed by atoms with Gasteiger partial charge in [-0.2, -0.15) is 11.8 Å². The molecule has 0 aliphatic rings. The minimum Gasteiger partial charge on any atom is -0.309 e. The van der Waals surface area contributed by atoms with E-state index < -0.39 is 0 Å². The molecule has 0 aliphatic heterocycles. The third-order valence-corrected chi connectivity index (χ3v) is 3.63. The molecule has 1 N–H and O–H groups in total. The lowest BCUT2D eigenvalue weighted by atomic mass is 10.1. The molecule has 1 nitrogen and oxygen atoms in total. The van der Waals surface area contributed by atoms with Crippen LogP contribution >= 0.6 is 23.4 Å². The summed E-state index contributed by atoms with van der Waals surface area (Å²) in [5.41, 5.74) is 1.33. The van der Waals surface area contributed by atoms with Gasteiger partial charge in [-0.3, -0.25) is 0 Å². The monoisotopic (exact) mass is 257 g/mol. The van der Waals surface area contributed by atoms with E-state index in [1.807, 2.05) is 23.9 Å². The molecule has 1 rings (SSSR count). The highest BCUT2D eigenvalue weighted by atomic mass is 35.5. The van der Waals surface area contributed by atoms with E-state index in [0.717, 1.165) is 23.1 Å². The van der Waals surface area contributed by atoms with Gasteiger partial charge in [0.2, 0.25) is 0 Å². The van der Waals surface area contributed by atoms with Gasteiger partial charge in [0, 0.05) is 16.8 Å². The molecule has 0 saturated carbocycles. The summed E-state index contributed by atoms with van der Waals surface area (Å²) < 4.78 is 0. The van der Waals surface area contributed by atoms with E-state index in [-0.39, 0.29) is 0 Å². The van der Waals surface area contributed by atoms with Crippen LogP contribution in [0.3, 0.4) is 0 Å². The Morgan fingerprint density at radius 1 is 1.25 bits per heavy atom. The molecule has 16 heavy (non-hydrogen) atoms. The first-order chi connectivity index (χ1) is 7.77. The molecular weight excluding hydrogens is 238 g/mol. The maximum absolute atomic E-state index is 5.90. The minimum absolute atomic E-state index is 0.446. The van der Waals surface area contributed by atoms with E-state index in [0.29, 0.717) is 6.04 Å². The van der Waals surface area contributed by atoms with Crippen LogP contribution in [0, 0.1) is 0 Å². The quantitative estimate of drug-likeness (QED) is 0.788. The van der Waals surface area contributed by atoms with E-state index in [1.54, 1.807) is 0 Å². The fraction of sp³-hybridized carbons (Fsp3) is 0.538. The van der Waals surface area contributed by atoms with Crippen molar-refractivity contribution in [3.05, 3.63) is 34.9 Å². The Kier molecular flexibility index (Phi) is 6.93. The van der Waals surface area contributed by atoms with Crippen LogP contribution in [0.1, 0.15) is 31.9 Å². The van der Waals surface area contributed by atoms with Crippen LogP contribution in [-0.2, 0) is 0 Å². The van der Waals surface area contributed by atoms with Crippen LogP contribution < -0.4 is 5.32 Å². The van der Waals surface area contributed by atoms with Gasteiger partial charge >= 0.3 is 0 Å². The first kappa shape index (κ1) is 13.9. The predicted molar refractivity (Wildman–Crippen MR) is 75.5 cm³/mol. The molecule has 0 bridgehead atoms. The molecule has 1 atom stereocenters. The molecule has 1 aromatic rings. The summed E-state index contributed by atoms with van der Waals surface area (Å²) in [4.78, 5) is 0. The molecule has 1 aromatic carbocycles. The number of halogens is 1. The fourth-order valence-corrected chi connectivity index (χ4v) is 2.43. The average molecular weight is 258 g/mol. The molecule has 3 heteroatoms.